The van der Waals surface area contributed by atoms with Crippen LogP contribution in [0.1, 0.15) is 17.5 Å². The summed E-state index contributed by atoms with van der Waals surface area (Å²) in [6.07, 6.45) is -6.93. The Bertz CT molecular complexity index is 1420. The number of alkyl halides is 6. The Labute approximate surface area is 231 Å². The van der Waals surface area contributed by atoms with Gasteiger partial charge in [0.25, 0.3) is 5.60 Å². The van der Waals surface area contributed by atoms with Crippen LogP contribution in [-0.2, 0) is 22.0 Å². The number of hydrogen-bond acceptors (Lipinski definition) is 6. The minimum atomic E-state index is -6.02. The average Bonchev–Trinajstić information content (AvgIpc) is 2.88. The lowest BCUT2D eigenvalue weighted by Crippen LogP contribution is -2.56. The highest BCUT2D eigenvalue weighted by Gasteiger charge is 2.71. The molecule has 1 aliphatic carbocycles. The van der Waals surface area contributed by atoms with Crippen molar-refractivity contribution in [3.8, 4) is 5.75 Å². The van der Waals surface area contributed by atoms with Crippen molar-refractivity contribution in [3.05, 3.63) is 82.8 Å². The maximum absolute atomic E-state index is 13.4. The third kappa shape index (κ3) is 5.49. The zero-order chi connectivity index (χ0) is 29.5. The largest absolute Gasteiger partial charge is 0.508 e. The van der Waals surface area contributed by atoms with E-state index in [9.17, 15) is 45.0 Å². The number of thiocarbonyl (C=S) groups is 1. The summed E-state index contributed by atoms with van der Waals surface area (Å²) in [5.74, 6) is -0.0560. The smallest absolute Gasteiger partial charge is 0.430 e. The van der Waals surface area contributed by atoms with Gasteiger partial charge in [0.2, 0.25) is 10.0 Å². The van der Waals surface area contributed by atoms with E-state index in [0.717, 1.165) is 12.1 Å². The summed E-state index contributed by atoms with van der Waals surface area (Å²) in [4.78, 5) is 1.89. The SMILES string of the molecule is O=S(=O)(C1=CC=CCC1=S)N1CCN(c2ccc(C(O)(C(F)(F)F)C(F)(F)F)cc2)[C@H](Cc2ccccc2O)C1. The number of phenolic OH excluding ortho intramolecular Hbond substituents is 1. The number of anilines is 1. The molecule has 2 aromatic carbocycles. The Morgan fingerprint density at radius 1 is 0.950 bits per heavy atom. The van der Waals surface area contributed by atoms with E-state index in [2.05, 4.69) is 0 Å². The van der Waals surface area contributed by atoms with Crippen molar-refractivity contribution in [1.82, 2.24) is 4.31 Å². The van der Waals surface area contributed by atoms with Crippen molar-refractivity contribution in [1.29, 1.82) is 0 Å². The summed E-state index contributed by atoms with van der Waals surface area (Å²) in [5, 5.41) is 20.0. The Hall–Kier alpha value is -2.94. The molecule has 1 heterocycles. The lowest BCUT2D eigenvalue weighted by molar-refractivity contribution is -0.376. The van der Waals surface area contributed by atoms with Crippen LogP contribution in [0.25, 0.3) is 0 Å². The van der Waals surface area contributed by atoms with Gasteiger partial charge >= 0.3 is 12.4 Å². The van der Waals surface area contributed by atoms with E-state index in [0.29, 0.717) is 17.7 Å². The van der Waals surface area contributed by atoms with Crippen LogP contribution in [0.4, 0.5) is 32.0 Å². The molecule has 1 fully saturated rings. The molecule has 2 aromatic rings. The van der Waals surface area contributed by atoms with Crippen LogP contribution in [0.15, 0.2) is 71.7 Å². The van der Waals surface area contributed by atoms with Crippen LogP contribution in [0, 0.1) is 0 Å². The van der Waals surface area contributed by atoms with Crippen molar-refractivity contribution >= 4 is 32.8 Å². The average molecular weight is 607 g/mol. The van der Waals surface area contributed by atoms with Crippen LogP contribution in [-0.4, -0.2) is 65.8 Å². The highest BCUT2D eigenvalue weighted by atomic mass is 32.2. The van der Waals surface area contributed by atoms with Crippen molar-refractivity contribution in [2.75, 3.05) is 24.5 Å². The minimum absolute atomic E-state index is 0.0114. The van der Waals surface area contributed by atoms with Crippen LogP contribution in [0.3, 0.4) is 0 Å². The second-order valence-electron chi connectivity index (χ2n) is 9.38. The van der Waals surface area contributed by atoms with E-state index in [1.165, 1.54) is 16.4 Å². The number of nitrogens with zero attached hydrogens (tertiary/aromatic N) is 2. The summed E-state index contributed by atoms with van der Waals surface area (Å²) in [7, 11) is -4.00. The molecule has 14 heteroatoms. The fourth-order valence-electron chi connectivity index (χ4n) is 4.77. The maximum Gasteiger partial charge on any atom is 0.430 e. The molecule has 0 aromatic heterocycles. The second kappa shape index (κ2) is 10.8. The van der Waals surface area contributed by atoms with Crippen LogP contribution < -0.4 is 4.90 Å². The van der Waals surface area contributed by atoms with Crippen LogP contribution in [0.2, 0.25) is 0 Å². The molecular weight excluding hydrogens is 582 g/mol. The molecule has 40 heavy (non-hydrogen) atoms. The first-order valence-electron chi connectivity index (χ1n) is 12.0. The first-order chi connectivity index (χ1) is 18.6. The van der Waals surface area contributed by atoms with Gasteiger partial charge < -0.3 is 15.1 Å². The van der Waals surface area contributed by atoms with E-state index >= 15 is 0 Å². The molecule has 4 rings (SSSR count). The van der Waals surface area contributed by atoms with Gasteiger partial charge in [-0.2, -0.15) is 30.6 Å². The number of aliphatic hydroxyl groups is 1. The van der Waals surface area contributed by atoms with Gasteiger partial charge in [-0.15, -0.1) is 0 Å². The molecule has 0 spiro atoms. The molecule has 2 N–H and O–H groups in total. The monoisotopic (exact) mass is 606 g/mol. The number of sulfonamides is 1. The molecule has 6 nitrogen and oxygen atoms in total. The molecule has 0 saturated carbocycles. The predicted molar refractivity (Wildman–Crippen MR) is 140 cm³/mol. The number of aromatic hydroxyl groups is 1. The van der Waals surface area contributed by atoms with Crippen LogP contribution >= 0.6 is 12.2 Å². The summed E-state index contributed by atoms with van der Waals surface area (Å²) in [6.45, 7) is -0.104. The van der Waals surface area contributed by atoms with Crippen molar-refractivity contribution in [3.63, 3.8) is 0 Å². The summed E-state index contributed by atoms with van der Waals surface area (Å²) in [6, 6.07) is 8.80. The van der Waals surface area contributed by atoms with Gasteiger partial charge in [0, 0.05) is 48.2 Å². The number of halogens is 6. The normalized spacial score (nSPS) is 19.6. The zero-order valence-electron chi connectivity index (χ0n) is 20.7. The summed E-state index contributed by atoms with van der Waals surface area (Å²) >= 11 is 5.24. The number of piperazine rings is 1. The quantitative estimate of drug-likeness (QED) is 0.357. The van der Waals surface area contributed by atoms with Crippen molar-refractivity contribution in [2.45, 2.75) is 36.8 Å². The standard InChI is InChI=1S/C26H24F6N2O4S2/c27-25(28,29)24(36,26(30,31)32)18-9-11-19(12-10-18)34-14-13-33(40(37,38)23-8-4-3-7-22(23)39)16-20(34)15-17-5-1-2-6-21(17)35/h1-6,8-12,20,35-36H,7,13-16H2/t20-/m1/s1. The van der Waals surface area contributed by atoms with Crippen molar-refractivity contribution < 1.29 is 45.0 Å². The van der Waals surface area contributed by atoms with Crippen LogP contribution in [0.5, 0.6) is 5.75 Å². The number of allylic oxidation sites excluding steroid dienone is 4. The maximum atomic E-state index is 13.4. The number of phenols is 1. The highest BCUT2D eigenvalue weighted by molar-refractivity contribution is 7.96. The van der Waals surface area contributed by atoms with E-state index in [1.54, 1.807) is 35.3 Å². The molecule has 0 bridgehead atoms. The molecule has 216 valence electrons. The predicted octanol–water partition coefficient (Wildman–Crippen LogP) is 4.98. The Morgan fingerprint density at radius 3 is 2.15 bits per heavy atom. The van der Waals surface area contributed by atoms with Gasteiger partial charge in [0.1, 0.15) is 5.75 Å². The highest BCUT2D eigenvalue weighted by Crippen LogP contribution is 2.50. The van der Waals surface area contributed by atoms with E-state index in [-0.39, 0.29) is 53.7 Å². The van der Waals surface area contributed by atoms with Gasteiger partial charge in [-0.25, -0.2) is 8.42 Å². The first kappa shape index (κ1) is 30.0. The topological polar surface area (TPSA) is 81.1 Å². The summed E-state index contributed by atoms with van der Waals surface area (Å²) in [5.41, 5.74) is -5.79. The van der Waals surface area contributed by atoms with Gasteiger partial charge in [0.05, 0.1) is 4.91 Å². The number of benzene rings is 2. The van der Waals surface area contributed by atoms with Gasteiger partial charge in [-0.05, 0) is 36.3 Å². The second-order valence-corrected chi connectivity index (χ2v) is 11.8. The molecule has 1 saturated heterocycles. The Balaban J connectivity index is 1.69. The number of hydrogen-bond donors (Lipinski definition) is 2. The fourth-order valence-corrected chi connectivity index (χ4v) is 6.84. The molecule has 0 unspecified atom stereocenters. The van der Waals surface area contributed by atoms with E-state index < -0.39 is 39.6 Å². The zero-order valence-corrected chi connectivity index (χ0v) is 22.3. The third-order valence-electron chi connectivity index (χ3n) is 6.91. The van der Waals surface area contributed by atoms with Gasteiger partial charge in [0.15, 0.2) is 0 Å². The molecule has 1 aliphatic heterocycles. The third-order valence-corrected chi connectivity index (χ3v) is 9.37. The Morgan fingerprint density at radius 2 is 1.57 bits per heavy atom. The lowest BCUT2D eigenvalue weighted by Gasteiger charge is -2.43. The van der Waals surface area contributed by atoms with Gasteiger partial charge in [-0.3, -0.25) is 0 Å². The molecule has 1 atom stereocenters. The molecule has 0 amide bonds. The molecular formula is C26H24F6N2O4S2. The number of para-hydroxylation sites is 1. The molecule has 0 radical (unpaired) electrons. The first-order valence-corrected chi connectivity index (χ1v) is 13.8. The number of rotatable bonds is 6. The van der Waals surface area contributed by atoms with Gasteiger partial charge in [-0.1, -0.05) is 54.7 Å². The fraction of sp³-hybridized carbons (Fsp3) is 0.346. The van der Waals surface area contributed by atoms with Crippen molar-refractivity contribution in [2.24, 2.45) is 0 Å². The summed E-state index contributed by atoms with van der Waals surface area (Å²) < 4.78 is 108. The Kier molecular flexibility index (Phi) is 8.11. The van der Waals surface area contributed by atoms with E-state index in [4.69, 9.17) is 12.2 Å². The minimum Gasteiger partial charge on any atom is -0.508 e. The van der Waals surface area contributed by atoms with E-state index in [1.807, 2.05) is 0 Å². The lowest BCUT2D eigenvalue weighted by atomic mass is 9.92. The molecule has 2 aliphatic rings.